The fraction of sp³-hybridized carbons (Fsp3) is 0.217. The molecule has 1 heterocycles. The molecule has 10 heteroatoms. The predicted octanol–water partition coefficient (Wildman–Crippen LogP) is 4.60. The zero-order chi connectivity index (χ0) is 23.8. The zero-order valence-electron chi connectivity index (χ0n) is 17.9. The van der Waals surface area contributed by atoms with Crippen molar-refractivity contribution in [3.05, 3.63) is 71.9 Å². The van der Waals surface area contributed by atoms with Crippen molar-refractivity contribution in [1.29, 1.82) is 0 Å². The number of alkyl halides is 3. The van der Waals surface area contributed by atoms with Crippen LogP contribution in [0, 0.1) is 0 Å². The normalized spacial score (nSPS) is 11.2. The van der Waals surface area contributed by atoms with E-state index in [0.717, 1.165) is 22.6 Å². The van der Waals surface area contributed by atoms with E-state index in [1.54, 1.807) is 31.5 Å². The quantitative estimate of drug-likeness (QED) is 0.373. The maximum Gasteiger partial charge on any atom is 0.397 e. The molecule has 2 aromatic carbocycles. The van der Waals surface area contributed by atoms with Crippen molar-refractivity contribution in [3.8, 4) is 5.75 Å². The molecule has 0 unspecified atom stereocenters. The molecule has 0 saturated heterocycles. The average molecular weight is 459 g/mol. The number of pyridine rings is 1. The molecular weight excluding hydrogens is 435 g/mol. The topological polar surface area (TPSA) is 101 Å². The number of carbonyl (C=O) groups is 1. The lowest BCUT2D eigenvalue weighted by molar-refractivity contribution is -0.150. The van der Waals surface area contributed by atoms with Crippen molar-refractivity contribution in [1.82, 2.24) is 10.3 Å². The molecule has 3 aromatic rings. The van der Waals surface area contributed by atoms with Crippen LogP contribution in [-0.2, 0) is 17.9 Å². The van der Waals surface area contributed by atoms with Crippen molar-refractivity contribution >= 4 is 28.8 Å². The molecule has 0 spiro atoms. The number of hydrogen-bond acceptors (Lipinski definition) is 6. The predicted molar refractivity (Wildman–Crippen MR) is 121 cm³/mol. The molecule has 7 nitrogen and oxygen atoms in total. The van der Waals surface area contributed by atoms with Crippen LogP contribution in [0.2, 0.25) is 0 Å². The molecule has 1 amide bonds. The Morgan fingerprint density at radius 1 is 1.00 bits per heavy atom. The lowest BCUT2D eigenvalue weighted by Crippen LogP contribution is -2.21. The fourth-order valence-electron chi connectivity index (χ4n) is 3.07. The largest absolute Gasteiger partial charge is 0.497 e. The SMILES string of the molecule is COc1ccc(CNCc2c(Nc3ccc(NC(=O)CC(F)(F)F)cc3)ccnc2N)cc1. The first-order valence-corrected chi connectivity index (χ1v) is 10.0. The number of amides is 1. The number of halogens is 3. The third-order valence-corrected chi connectivity index (χ3v) is 4.69. The highest BCUT2D eigenvalue weighted by atomic mass is 19.4. The van der Waals surface area contributed by atoms with Gasteiger partial charge in [-0.3, -0.25) is 4.79 Å². The van der Waals surface area contributed by atoms with Crippen LogP contribution in [0.3, 0.4) is 0 Å². The van der Waals surface area contributed by atoms with Gasteiger partial charge in [0.25, 0.3) is 0 Å². The Morgan fingerprint density at radius 2 is 1.67 bits per heavy atom. The summed E-state index contributed by atoms with van der Waals surface area (Å²) >= 11 is 0. The van der Waals surface area contributed by atoms with Crippen molar-refractivity contribution in [2.75, 3.05) is 23.5 Å². The number of rotatable bonds is 9. The zero-order valence-corrected chi connectivity index (χ0v) is 17.9. The van der Waals surface area contributed by atoms with E-state index in [1.807, 2.05) is 24.3 Å². The molecule has 174 valence electrons. The minimum absolute atomic E-state index is 0.269. The maximum absolute atomic E-state index is 12.3. The fourth-order valence-corrected chi connectivity index (χ4v) is 3.07. The van der Waals surface area contributed by atoms with Gasteiger partial charge in [0.05, 0.1) is 7.11 Å². The number of nitrogen functional groups attached to an aromatic ring is 1. The van der Waals surface area contributed by atoms with Crippen LogP contribution in [0.25, 0.3) is 0 Å². The molecule has 0 fully saturated rings. The van der Waals surface area contributed by atoms with Crippen LogP contribution in [0.5, 0.6) is 5.75 Å². The molecule has 0 aliphatic carbocycles. The molecule has 0 bridgehead atoms. The maximum atomic E-state index is 12.3. The van der Waals surface area contributed by atoms with Gasteiger partial charge >= 0.3 is 6.18 Å². The van der Waals surface area contributed by atoms with Crippen molar-refractivity contribution in [3.63, 3.8) is 0 Å². The van der Waals surface area contributed by atoms with E-state index in [9.17, 15) is 18.0 Å². The second kappa shape index (κ2) is 10.7. The number of methoxy groups -OCH3 is 1. The van der Waals surface area contributed by atoms with E-state index >= 15 is 0 Å². The van der Waals surface area contributed by atoms with Gasteiger partial charge in [-0.15, -0.1) is 0 Å². The van der Waals surface area contributed by atoms with E-state index in [1.165, 1.54) is 12.1 Å². The molecule has 0 aliphatic rings. The first-order chi connectivity index (χ1) is 15.7. The van der Waals surface area contributed by atoms with Crippen LogP contribution in [-0.4, -0.2) is 24.2 Å². The molecule has 1 aromatic heterocycles. The van der Waals surface area contributed by atoms with Crippen LogP contribution >= 0.6 is 0 Å². The second-order valence-electron chi connectivity index (χ2n) is 7.22. The molecule has 0 atom stereocenters. The van der Waals surface area contributed by atoms with E-state index < -0.39 is 18.5 Å². The third-order valence-electron chi connectivity index (χ3n) is 4.69. The summed E-state index contributed by atoms with van der Waals surface area (Å²) in [5.74, 6) is 0.0429. The third kappa shape index (κ3) is 7.39. The van der Waals surface area contributed by atoms with E-state index in [0.29, 0.717) is 24.6 Å². The lowest BCUT2D eigenvalue weighted by atomic mass is 10.1. The van der Waals surface area contributed by atoms with Crippen molar-refractivity contribution in [2.24, 2.45) is 0 Å². The number of nitrogens with zero attached hydrogens (tertiary/aromatic N) is 1. The Bertz CT molecular complexity index is 1070. The molecule has 0 saturated carbocycles. The highest BCUT2D eigenvalue weighted by Gasteiger charge is 2.31. The van der Waals surface area contributed by atoms with Gasteiger partial charge in [0.1, 0.15) is 18.0 Å². The van der Waals surface area contributed by atoms with Crippen LogP contribution < -0.4 is 26.4 Å². The second-order valence-corrected chi connectivity index (χ2v) is 7.22. The number of carbonyl (C=O) groups excluding carboxylic acids is 1. The summed E-state index contributed by atoms with van der Waals surface area (Å²) in [6, 6.07) is 15.8. The smallest absolute Gasteiger partial charge is 0.397 e. The van der Waals surface area contributed by atoms with Crippen LogP contribution in [0.4, 0.5) is 36.1 Å². The van der Waals surface area contributed by atoms with Crippen molar-refractivity contribution < 1.29 is 22.7 Å². The summed E-state index contributed by atoms with van der Waals surface area (Å²) in [6.45, 7) is 1.07. The average Bonchev–Trinajstić information content (AvgIpc) is 2.76. The summed E-state index contributed by atoms with van der Waals surface area (Å²) in [4.78, 5) is 15.6. The minimum Gasteiger partial charge on any atom is -0.497 e. The molecule has 0 radical (unpaired) electrons. The number of benzene rings is 2. The summed E-state index contributed by atoms with van der Waals surface area (Å²) in [6.07, 6.45) is -4.50. The Kier molecular flexibility index (Phi) is 7.73. The molecule has 5 N–H and O–H groups in total. The van der Waals surface area contributed by atoms with Gasteiger partial charge in [0.2, 0.25) is 5.91 Å². The summed E-state index contributed by atoms with van der Waals surface area (Å²) in [5, 5.41) is 8.78. The Hall–Kier alpha value is -3.79. The van der Waals surface area contributed by atoms with E-state index in [4.69, 9.17) is 10.5 Å². The van der Waals surface area contributed by atoms with Gasteiger partial charge in [-0.2, -0.15) is 13.2 Å². The Morgan fingerprint density at radius 3 is 2.30 bits per heavy atom. The van der Waals surface area contributed by atoms with Gasteiger partial charge in [-0.25, -0.2) is 4.98 Å². The number of nitrogens with one attached hydrogen (secondary N) is 3. The van der Waals surface area contributed by atoms with Gasteiger partial charge in [0, 0.05) is 41.9 Å². The Balaban J connectivity index is 1.61. The first kappa shape index (κ1) is 23.9. The molecular formula is C23H24F3N5O2. The number of aromatic nitrogens is 1. The van der Waals surface area contributed by atoms with Gasteiger partial charge in [-0.1, -0.05) is 12.1 Å². The van der Waals surface area contributed by atoms with Crippen molar-refractivity contribution in [2.45, 2.75) is 25.7 Å². The van der Waals surface area contributed by atoms with Crippen LogP contribution in [0.15, 0.2) is 60.8 Å². The number of ether oxygens (including phenoxy) is 1. The molecule has 3 rings (SSSR count). The molecule has 33 heavy (non-hydrogen) atoms. The standard InChI is InChI=1S/C23H24F3N5O2/c1-33-18-8-2-15(3-9-18)13-28-14-19-20(10-11-29-22(19)27)30-16-4-6-17(7-5-16)31-21(32)12-23(24,25)26/h2-11,28H,12-14H2,1H3,(H,31,32)(H3,27,29,30). The highest BCUT2D eigenvalue weighted by Crippen LogP contribution is 2.26. The molecule has 0 aliphatic heterocycles. The highest BCUT2D eigenvalue weighted by molar-refractivity contribution is 5.91. The van der Waals surface area contributed by atoms with E-state index in [2.05, 4.69) is 20.9 Å². The lowest BCUT2D eigenvalue weighted by Gasteiger charge is -2.15. The monoisotopic (exact) mass is 459 g/mol. The van der Waals surface area contributed by atoms with E-state index in [-0.39, 0.29) is 5.69 Å². The summed E-state index contributed by atoms with van der Waals surface area (Å²) < 4.78 is 42.1. The summed E-state index contributed by atoms with van der Waals surface area (Å²) in [5.41, 5.74) is 9.60. The first-order valence-electron chi connectivity index (χ1n) is 10.0. The van der Waals surface area contributed by atoms with Gasteiger partial charge in [-0.05, 0) is 48.0 Å². The minimum atomic E-state index is -4.55. The van der Waals surface area contributed by atoms with Gasteiger partial charge in [0.15, 0.2) is 0 Å². The Labute approximate surface area is 189 Å². The number of anilines is 4. The summed E-state index contributed by atoms with van der Waals surface area (Å²) in [7, 11) is 1.62. The van der Waals surface area contributed by atoms with Gasteiger partial charge < -0.3 is 26.4 Å². The van der Waals surface area contributed by atoms with Crippen LogP contribution in [0.1, 0.15) is 17.5 Å². The number of nitrogens with two attached hydrogens (primary N) is 1. The number of hydrogen-bond donors (Lipinski definition) is 4.